The molecule has 3 unspecified atom stereocenters. The molecule has 5 rings (SSSR count). The van der Waals surface area contributed by atoms with E-state index in [1.165, 1.54) is 70.6 Å². The van der Waals surface area contributed by atoms with Crippen LogP contribution < -0.4 is 15.4 Å². The van der Waals surface area contributed by atoms with Gasteiger partial charge in [-0.15, -0.1) is 0 Å². The van der Waals surface area contributed by atoms with Crippen molar-refractivity contribution in [2.45, 2.75) is 96.6 Å². The van der Waals surface area contributed by atoms with Crippen molar-refractivity contribution in [2.75, 3.05) is 39.3 Å². The van der Waals surface area contributed by atoms with Gasteiger partial charge in [0.15, 0.2) is 0 Å². The predicted octanol–water partition coefficient (Wildman–Crippen LogP) is 4.47. The molecule has 1 aromatic rings. The average molecular weight is 500 g/mol. The van der Waals surface area contributed by atoms with Gasteiger partial charge in [0.2, 0.25) is 5.88 Å². The van der Waals surface area contributed by atoms with E-state index in [0.717, 1.165) is 57.5 Å². The van der Waals surface area contributed by atoms with Crippen molar-refractivity contribution in [3.05, 3.63) is 11.8 Å². The minimum absolute atomic E-state index is 0.00904. The molecular formula is C29H49N5O2. The molecule has 2 heterocycles. The van der Waals surface area contributed by atoms with Crippen molar-refractivity contribution >= 4 is 5.91 Å². The first-order valence-electron chi connectivity index (χ1n) is 15.1. The zero-order valence-electron chi connectivity index (χ0n) is 22.6. The molecule has 202 valence electrons. The maximum absolute atomic E-state index is 13.5. The van der Waals surface area contributed by atoms with Crippen molar-refractivity contribution in [2.24, 2.45) is 23.7 Å². The van der Waals surface area contributed by atoms with E-state index in [1.807, 2.05) is 4.68 Å². The topological polar surface area (TPSA) is 71.4 Å². The summed E-state index contributed by atoms with van der Waals surface area (Å²) in [6.45, 7) is 9.13. The maximum Gasteiger partial charge on any atom is 0.258 e. The number of aromatic nitrogens is 2. The highest BCUT2D eigenvalue weighted by molar-refractivity contribution is 5.96. The Kier molecular flexibility index (Phi) is 9.23. The lowest BCUT2D eigenvalue weighted by atomic mass is 9.66. The van der Waals surface area contributed by atoms with Crippen LogP contribution in [0.1, 0.15) is 94.3 Å². The lowest BCUT2D eigenvalue weighted by Crippen LogP contribution is -2.43. The van der Waals surface area contributed by atoms with Crippen LogP contribution in [0.3, 0.4) is 0 Å². The number of fused-ring (bicyclic) bond motifs is 2. The van der Waals surface area contributed by atoms with Crippen LogP contribution in [-0.4, -0.2) is 66.0 Å². The number of rotatable bonds is 10. The highest BCUT2D eigenvalue weighted by Crippen LogP contribution is 2.43. The van der Waals surface area contributed by atoms with Gasteiger partial charge in [-0.2, -0.15) is 5.10 Å². The Labute approximate surface area is 218 Å². The Bertz CT molecular complexity index is 818. The number of aryl methyl sites for hydroxylation is 1. The fraction of sp³-hybridized carbons (Fsp3) is 0.862. The zero-order chi connectivity index (χ0) is 24.7. The van der Waals surface area contributed by atoms with Crippen molar-refractivity contribution in [3.8, 4) is 5.88 Å². The molecule has 1 aromatic heterocycles. The van der Waals surface area contributed by atoms with E-state index >= 15 is 0 Å². The van der Waals surface area contributed by atoms with Crippen LogP contribution in [0, 0.1) is 23.7 Å². The van der Waals surface area contributed by atoms with Crippen LogP contribution in [0.4, 0.5) is 0 Å². The molecule has 0 radical (unpaired) electrons. The van der Waals surface area contributed by atoms with E-state index < -0.39 is 0 Å². The molecule has 7 heteroatoms. The summed E-state index contributed by atoms with van der Waals surface area (Å²) in [7, 11) is 0. The molecular weight excluding hydrogens is 450 g/mol. The van der Waals surface area contributed by atoms with Crippen LogP contribution in [0.15, 0.2) is 6.20 Å². The van der Waals surface area contributed by atoms with Gasteiger partial charge in [-0.1, -0.05) is 38.5 Å². The summed E-state index contributed by atoms with van der Waals surface area (Å²) in [5.74, 6) is 3.61. The quantitative estimate of drug-likeness (QED) is 0.497. The SMILES string of the molecule is CC(NC(=O)c1cnn(CCCN2CCNCC2)c1OCC1CCCCC1)C1CC2CCCC(C2)C1. The van der Waals surface area contributed by atoms with Gasteiger partial charge in [-0.05, 0) is 69.1 Å². The standard InChI is InChI=1S/C29H49N5O2/c1-22(26-18-24-9-5-10-25(17-24)19-26)32-28(35)27-20-31-34(14-6-13-33-15-11-30-12-16-33)29(27)36-21-23-7-3-2-4-8-23/h20,22-26,30H,2-19,21H2,1H3,(H,32,35). The van der Waals surface area contributed by atoms with Gasteiger partial charge in [-0.25, -0.2) is 4.68 Å². The van der Waals surface area contributed by atoms with Crippen LogP contribution in [-0.2, 0) is 6.54 Å². The Hall–Kier alpha value is -1.60. The number of amides is 1. The van der Waals surface area contributed by atoms with Gasteiger partial charge in [0.05, 0.1) is 12.8 Å². The summed E-state index contributed by atoms with van der Waals surface area (Å²) < 4.78 is 8.37. The largest absolute Gasteiger partial charge is 0.477 e. The first kappa shape index (κ1) is 26.0. The fourth-order valence-electron chi connectivity index (χ4n) is 7.36. The van der Waals surface area contributed by atoms with Gasteiger partial charge in [0.1, 0.15) is 5.56 Å². The monoisotopic (exact) mass is 499 g/mol. The van der Waals surface area contributed by atoms with E-state index in [1.54, 1.807) is 6.20 Å². The molecule has 1 amide bonds. The molecule has 0 spiro atoms. The second-order valence-corrected chi connectivity index (χ2v) is 12.2. The van der Waals surface area contributed by atoms with Crippen LogP contribution in [0.2, 0.25) is 0 Å². The summed E-state index contributed by atoms with van der Waals surface area (Å²) in [4.78, 5) is 16.0. The van der Waals surface area contributed by atoms with Gasteiger partial charge in [-0.3, -0.25) is 4.79 Å². The summed E-state index contributed by atoms with van der Waals surface area (Å²) in [5, 5.41) is 11.4. The van der Waals surface area contributed by atoms with Crippen molar-refractivity contribution in [1.82, 2.24) is 25.3 Å². The Morgan fingerprint density at radius 2 is 1.81 bits per heavy atom. The van der Waals surface area contributed by atoms with Gasteiger partial charge in [0.25, 0.3) is 5.91 Å². The zero-order valence-corrected chi connectivity index (χ0v) is 22.6. The number of nitrogens with one attached hydrogen (secondary N) is 2. The number of carbonyl (C=O) groups is 1. The first-order chi connectivity index (χ1) is 17.7. The van der Waals surface area contributed by atoms with Crippen molar-refractivity contribution in [1.29, 1.82) is 0 Å². The molecule has 7 nitrogen and oxygen atoms in total. The van der Waals surface area contributed by atoms with E-state index in [9.17, 15) is 4.79 Å². The third-order valence-corrected chi connectivity index (χ3v) is 9.50. The smallest absolute Gasteiger partial charge is 0.258 e. The second-order valence-electron chi connectivity index (χ2n) is 12.2. The lowest BCUT2D eigenvalue weighted by Gasteiger charge is -2.41. The van der Waals surface area contributed by atoms with E-state index in [0.29, 0.717) is 29.9 Å². The van der Waals surface area contributed by atoms with E-state index in [2.05, 4.69) is 27.6 Å². The molecule has 3 aliphatic carbocycles. The Morgan fingerprint density at radius 3 is 2.56 bits per heavy atom. The van der Waals surface area contributed by atoms with Crippen LogP contribution in [0.5, 0.6) is 5.88 Å². The highest BCUT2D eigenvalue weighted by Gasteiger charge is 2.35. The summed E-state index contributed by atoms with van der Waals surface area (Å²) in [6.07, 6.45) is 17.3. The molecule has 3 saturated carbocycles. The fourth-order valence-corrected chi connectivity index (χ4v) is 7.36. The van der Waals surface area contributed by atoms with Crippen LogP contribution >= 0.6 is 0 Å². The third kappa shape index (κ3) is 6.83. The van der Waals surface area contributed by atoms with Gasteiger partial charge < -0.3 is 20.3 Å². The minimum atomic E-state index is -0.00904. The number of ether oxygens (including phenoxy) is 1. The predicted molar refractivity (Wildman–Crippen MR) is 143 cm³/mol. The van der Waals surface area contributed by atoms with Gasteiger partial charge in [0, 0.05) is 45.3 Å². The van der Waals surface area contributed by atoms with E-state index in [4.69, 9.17) is 4.74 Å². The molecule has 2 bridgehead atoms. The molecule has 2 N–H and O–H groups in total. The summed E-state index contributed by atoms with van der Waals surface area (Å²) in [6, 6.07) is 0.197. The lowest BCUT2D eigenvalue weighted by molar-refractivity contribution is 0.0848. The third-order valence-electron chi connectivity index (χ3n) is 9.50. The molecule has 0 aromatic carbocycles. The summed E-state index contributed by atoms with van der Waals surface area (Å²) in [5.41, 5.74) is 0.621. The summed E-state index contributed by atoms with van der Waals surface area (Å²) >= 11 is 0. The number of nitrogens with zero attached hydrogens (tertiary/aromatic N) is 3. The molecule has 4 fully saturated rings. The first-order valence-corrected chi connectivity index (χ1v) is 15.1. The average Bonchev–Trinajstić information content (AvgIpc) is 3.31. The Morgan fingerprint density at radius 1 is 1.06 bits per heavy atom. The molecule has 1 saturated heterocycles. The molecule has 1 aliphatic heterocycles. The molecule has 36 heavy (non-hydrogen) atoms. The second kappa shape index (κ2) is 12.8. The van der Waals surface area contributed by atoms with E-state index in [-0.39, 0.29) is 11.9 Å². The molecule has 4 aliphatic rings. The van der Waals surface area contributed by atoms with Crippen molar-refractivity contribution < 1.29 is 9.53 Å². The van der Waals surface area contributed by atoms with Crippen molar-refractivity contribution in [3.63, 3.8) is 0 Å². The number of hydrogen-bond donors (Lipinski definition) is 2. The molecule has 3 atom stereocenters. The normalized spacial score (nSPS) is 28.5. The highest BCUT2D eigenvalue weighted by atomic mass is 16.5. The minimum Gasteiger partial charge on any atom is -0.477 e. The number of carbonyl (C=O) groups excluding carboxylic acids is 1. The van der Waals surface area contributed by atoms with Gasteiger partial charge >= 0.3 is 0 Å². The maximum atomic E-state index is 13.5. The Balaban J connectivity index is 1.21. The number of piperazine rings is 1. The number of hydrogen-bond acceptors (Lipinski definition) is 5. The van der Waals surface area contributed by atoms with Crippen LogP contribution in [0.25, 0.3) is 0 Å².